The Morgan fingerprint density at radius 1 is 1.33 bits per heavy atom. The van der Waals surface area contributed by atoms with Crippen molar-refractivity contribution in [2.24, 2.45) is 11.7 Å². The Morgan fingerprint density at radius 3 is 2.62 bits per heavy atom. The highest BCUT2D eigenvalue weighted by atomic mass is 35.5. The van der Waals surface area contributed by atoms with Crippen molar-refractivity contribution < 1.29 is 17.6 Å². The van der Waals surface area contributed by atoms with Gasteiger partial charge in [-0.2, -0.15) is 0 Å². The van der Waals surface area contributed by atoms with Gasteiger partial charge in [-0.05, 0) is 37.0 Å². The highest BCUT2D eigenvalue weighted by molar-refractivity contribution is 7.92. The summed E-state index contributed by atoms with van der Waals surface area (Å²) < 4.78 is 38.1. The highest BCUT2D eigenvalue weighted by Crippen LogP contribution is 2.26. The van der Waals surface area contributed by atoms with E-state index in [-0.39, 0.29) is 36.0 Å². The van der Waals surface area contributed by atoms with E-state index in [0.29, 0.717) is 12.1 Å². The molecule has 9 heteroatoms. The summed E-state index contributed by atoms with van der Waals surface area (Å²) in [5.41, 5.74) is 6.17. The van der Waals surface area contributed by atoms with E-state index >= 15 is 0 Å². The first kappa shape index (κ1) is 20.7. The van der Waals surface area contributed by atoms with Gasteiger partial charge in [0.2, 0.25) is 15.9 Å². The molecule has 1 aromatic rings. The molecule has 1 aromatic carbocycles. The number of amides is 1. The number of carbonyl (C=O) groups is 1. The van der Waals surface area contributed by atoms with E-state index in [4.69, 9.17) is 5.73 Å². The van der Waals surface area contributed by atoms with E-state index in [2.05, 4.69) is 10.0 Å². The van der Waals surface area contributed by atoms with Crippen LogP contribution in [0, 0.1) is 11.7 Å². The SMILES string of the molecule is CS(=O)(=O)Nc1cc(NC(=O)CC2CCCCC2N)ccc1F.Cl. The van der Waals surface area contributed by atoms with Crippen molar-refractivity contribution in [2.75, 3.05) is 16.3 Å². The molecule has 6 nitrogen and oxygen atoms in total. The van der Waals surface area contributed by atoms with Crippen LogP contribution in [0.15, 0.2) is 18.2 Å². The van der Waals surface area contributed by atoms with Crippen LogP contribution >= 0.6 is 12.4 Å². The second-order valence-electron chi connectivity index (χ2n) is 6.03. The van der Waals surface area contributed by atoms with Crippen molar-refractivity contribution in [2.45, 2.75) is 38.1 Å². The average molecular weight is 380 g/mol. The molecule has 0 aliphatic heterocycles. The van der Waals surface area contributed by atoms with Crippen LogP contribution < -0.4 is 15.8 Å². The topological polar surface area (TPSA) is 101 Å². The molecule has 24 heavy (non-hydrogen) atoms. The lowest BCUT2D eigenvalue weighted by molar-refractivity contribution is -0.117. The fraction of sp³-hybridized carbons (Fsp3) is 0.533. The van der Waals surface area contributed by atoms with Crippen LogP contribution in [0.3, 0.4) is 0 Å². The first-order valence-corrected chi connectivity index (χ1v) is 9.46. The van der Waals surface area contributed by atoms with Crippen LogP contribution in [0.1, 0.15) is 32.1 Å². The number of hydrogen-bond acceptors (Lipinski definition) is 4. The third kappa shape index (κ3) is 6.26. The van der Waals surface area contributed by atoms with E-state index < -0.39 is 15.8 Å². The fourth-order valence-electron chi connectivity index (χ4n) is 2.82. The van der Waals surface area contributed by atoms with Gasteiger partial charge in [-0.15, -0.1) is 12.4 Å². The molecule has 2 rings (SSSR count). The Morgan fingerprint density at radius 2 is 2.00 bits per heavy atom. The minimum absolute atomic E-state index is 0. The highest BCUT2D eigenvalue weighted by Gasteiger charge is 2.24. The zero-order valence-electron chi connectivity index (χ0n) is 13.4. The van der Waals surface area contributed by atoms with Gasteiger partial charge < -0.3 is 11.1 Å². The summed E-state index contributed by atoms with van der Waals surface area (Å²) in [4.78, 5) is 12.1. The molecule has 1 saturated carbocycles. The summed E-state index contributed by atoms with van der Waals surface area (Å²) >= 11 is 0. The number of benzene rings is 1. The molecule has 0 bridgehead atoms. The van der Waals surface area contributed by atoms with Gasteiger partial charge in [-0.3, -0.25) is 9.52 Å². The fourth-order valence-corrected chi connectivity index (χ4v) is 3.38. The number of anilines is 2. The maximum absolute atomic E-state index is 13.6. The summed E-state index contributed by atoms with van der Waals surface area (Å²) in [5, 5.41) is 2.67. The molecule has 0 saturated heterocycles. The van der Waals surface area contributed by atoms with Gasteiger partial charge in [-0.1, -0.05) is 12.8 Å². The Labute approximate surface area is 147 Å². The van der Waals surface area contributed by atoms with Gasteiger partial charge in [0.15, 0.2) is 0 Å². The lowest BCUT2D eigenvalue weighted by Gasteiger charge is -2.27. The minimum atomic E-state index is -3.59. The van der Waals surface area contributed by atoms with Crippen molar-refractivity contribution in [3.8, 4) is 0 Å². The average Bonchev–Trinajstić information content (AvgIpc) is 2.43. The predicted molar refractivity (Wildman–Crippen MR) is 95.3 cm³/mol. The van der Waals surface area contributed by atoms with E-state index in [1.165, 1.54) is 12.1 Å². The number of nitrogens with one attached hydrogen (secondary N) is 2. The molecular weight excluding hydrogens is 357 g/mol. The molecule has 0 aromatic heterocycles. The van der Waals surface area contributed by atoms with Crippen molar-refractivity contribution in [3.63, 3.8) is 0 Å². The van der Waals surface area contributed by atoms with E-state index in [0.717, 1.165) is 38.0 Å². The molecule has 1 aliphatic rings. The summed E-state index contributed by atoms with van der Waals surface area (Å²) in [6, 6.07) is 3.79. The smallest absolute Gasteiger partial charge is 0.229 e. The number of sulfonamides is 1. The zero-order chi connectivity index (χ0) is 17.0. The molecule has 2 atom stereocenters. The van der Waals surface area contributed by atoms with Gasteiger partial charge in [0, 0.05) is 18.2 Å². The van der Waals surface area contributed by atoms with Crippen LogP contribution in [0.2, 0.25) is 0 Å². The van der Waals surface area contributed by atoms with Gasteiger partial charge in [-0.25, -0.2) is 12.8 Å². The minimum Gasteiger partial charge on any atom is -0.327 e. The molecule has 4 N–H and O–H groups in total. The molecule has 1 fully saturated rings. The third-order valence-electron chi connectivity index (χ3n) is 3.96. The molecule has 0 radical (unpaired) electrons. The van der Waals surface area contributed by atoms with Crippen LogP contribution in [0.4, 0.5) is 15.8 Å². The normalized spacial score (nSPS) is 20.8. The first-order valence-electron chi connectivity index (χ1n) is 7.57. The zero-order valence-corrected chi connectivity index (χ0v) is 15.1. The maximum atomic E-state index is 13.6. The Bertz CT molecular complexity index is 685. The molecule has 136 valence electrons. The standard InChI is InChI=1S/C15H22FN3O3S.ClH/c1-23(21,22)19-14-9-11(6-7-12(14)16)18-15(20)8-10-4-2-3-5-13(10)17;/h6-7,9-10,13,19H,2-5,8,17H2,1H3,(H,18,20);1H. The number of nitrogens with two attached hydrogens (primary N) is 1. The van der Waals surface area contributed by atoms with Crippen LogP contribution in [-0.2, 0) is 14.8 Å². The molecule has 1 aliphatic carbocycles. The largest absolute Gasteiger partial charge is 0.327 e. The molecule has 2 unspecified atom stereocenters. The molecular formula is C15H23ClFN3O3S. The van der Waals surface area contributed by atoms with Crippen molar-refractivity contribution in [3.05, 3.63) is 24.0 Å². The number of rotatable bonds is 5. The Balaban J connectivity index is 0.00000288. The molecule has 1 amide bonds. The van der Waals surface area contributed by atoms with E-state index in [9.17, 15) is 17.6 Å². The van der Waals surface area contributed by atoms with Crippen molar-refractivity contribution >= 4 is 39.7 Å². The predicted octanol–water partition coefficient (Wildman–Crippen LogP) is 2.47. The number of halogens is 2. The summed E-state index contributed by atoms with van der Waals surface area (Å²) in [7, 11) is -3.59. The van der Waals surface area contributed by atoms with Crippen molar-refractivity contribution in [1.29, 1.82) is 0 Å². The van der Waals surface area contributed by atoms with Gasteiger partial charge >= 0.3 is 0 Å². The Hall–Kier alpha value is -1.38. The molecule has 0 spiro atoms. The second-order valence-corrected chi connectivity index (χ2v) is 7.78. The van der Waals surface area contributed by atoms with Gasteiger partial charge in [0.05, 0.1) is 11.9 Å². The van der Waals surface area contributed by atoms with Crippen LogP contribution in [0.25, 0.3) is 0 Å². The number of carbonyl (C=O) groups excluding carboxylic acids is 1. The van der Waals surface area contributed by atoms with Gasteiger partial charge in [0.25, 0.3) is 0 Å². The van der Waals surface area contributed by atoms with Gasteiger partial charge in [0.1, 0.15) is 5.82 Å². The van der Waals surface area contributed by atoms with E-state index in [1.807, 2.05) is 0 Å². The van der Waals surface area contributed by atoms with Crippen molar-refractivity contribution in [1.82, 2.24) is 0 Å². The van der Waals surface area contributed by atoms with E-state index in [1.54, 1.807) is 0 Å². The summed E-state index contributed by atoms with van der Waals surface area (Å²) in [6.07, 6.45) is 5.27. The number of hydrogen-bond donors (Lipinski definition) is 3. The van der Waals surface area contributed by atoms with Crippen LogP contribution in [-0.4, -0.2) is 26.6 Å². The summed E-state index contributed by atoms with van der Waals surface area (Å²) in [6.45, 7) is 0. The monoisotopic (exact) mass is 379 g/mol. The first-order chi connectivity index (χ1) is 10.7. The molecule has 0 heterocycles. The lowest BCUT2D eigenvalue weighted by atomic mass is 9.83. The maximum Gasteiger partial charge on any atom is 0.229 e. The van der Waals surface area contributed by atoms with Crippen LogP contribution in [0.5, 0.6) is 0 Å². The summed E-state index contributed by atoms with van der Waals surface area (Å²) in [5.74, 6) is -0.759. The second kappa shape index (κ2) is 8.64. The Kier molecular flexibility index (Phi) is 7.44. The lowest BCUT2D eigenvalue weighted by Crippen LogP contribution is -2.35. The third-order valence-corrected chi connectivity index (χ3v) is 4.55. The quantitative estimate of drug-likeness (QED) is 0.731.